The summed E-state index contributed by atoms with van der Waals surface area (Å²) in [5, 5.41) is 30.2. The third kappa shape index (κ3) is 2.99. The highest BCUT2D eigenvalue weighted by Gasteiger charge is 2.15. The smallest absolute Gasteiger partial charge is 0.269 e. The maximum atomic E-state index is 10.4. The molecule has 0 saturated heterocycles. The van der Waals surface area contributed by atoms with Crippen LogP contribution in [0, 0.1) is 20.2 Å². The van der Waals surface area contributed by atoms with Crippen LogP contribution in [-0.2, 0) is 0 Å². The molecule has 0 fully saturated rings. The molecule has 0 aliphatic heterocycles. The van der Waals surface area contributed by atoms with Gasteiger partial charge in [0.1, 0.15) is 8.85 Å². The van der Waals surface area contributed by atoms with Gasteiger partial charge in [-0.25, -0.2) is 0 Å². The van der Waals surface area contributed by atoms with Crippen molar-refractivity contribution in [1.29, 1.82) is 0 Å². The number of rotatable bonds is 4. The highest BCUT2D eigenvalue weighted by molar-refractivity contribution is 5.33. The lowest BCUT2D eigenvalue weighted by Crippen LogP contribution is -2.11. The second-order valence-corrected chi connectivity index (χ2v) is 2.64. The first kappa shape index (κ1) is 8.30. The van der Waals surface area contributed by atoms with Crippen molar-refractivity contribution >= 4 is 5.69 Å². The van der Waals surface area contributed by atoms with E-state index in [1.807, 2.05) is 0 Å². The summed E-state index contributed by atoms with van der Waals surface area (Å²) >= 11 is 0. The fourth-order valence-electron chi connectivity index (χ4n) is 0.953. The molecule has 15 heavy (non-hydrogen) atoms. The second-order valence-electron chi connectivity index (χ2n) is 2.64. The first-order valence-corrected chi connectivity index (χ1v) is 3.83. The molecule has 0 aliphatic carbocycles. The lowest BCUT2D eigenvalue weighted by Gasteiger charge is -2.04. The van der Waals surface area contributed by atoms with Gasteiger partial charge in [-0.1, -0.05) is 0 Å². The molecule has 1 aromatic rings. The zero-order valence-corrected chi connectivity index (χ0v) is 7.36. The summed E-state index contributed by atoms with van der Waals surface area (Å²) < 4.78 is 14.1. The molecule has 1 rings (SSSR count). The molecule has 1 atom stereocenters. The van der Waals surface area contributed by atoms with E-state index < -0.39 is 22.4 Å². The molecule has 80 valence electrons. The van der Waals surface area contributed by atoms with E-state index >= 15 is 0 Å². The minimum atomic E-state index is -3.05. The molecule has 0 bridgehead atoms. The van der Waals surface area contributed by atoms with E-state index in [-0.39, 0.29) is 11.3 Å². The van der Waals surface area contributed by atoms with Gasteiger partial charge in [0.15, 0.2) is 0 Å². The van der Waals surface area contributed by atoms with Crippen LogP contribution in [0.5, 0.6) is 0 Å². The zero-order chi connectivity index (χ0) is 13.2. The quantitative estimate of drug-likeness (QED) is 0.592. The molecular weight excluding hydrogens is 204 g/mol. The summed E-state index contributed by atoms with van der Waals surface area (Å²) in [5.74, 6) is 0. The van der Waals surface area contributed by atoms with Crippen molar-refractivity contribution in [3.8, 4) is 0 Å². The van der Waals surface area contributed by atoms with E-state index in [4.69, 9.17) is 2.74 Å². The van der Waals surface area contributed by atoms with Crippen molar-refractivity contribution in [2.45, 2.75) is 6.10 Å². The molecule has 0 radical (unpaired) electrons. The van der Waals surface area contributed by atoms with Gasteiger partial charge in [0.25, 0.3) is 5.69 Å². The number of benzene rings is 1. The zero-order valence-electron chi connectivity index (χ0n) is 9.36. The molecule has 0 aromatic heterocycles. The molecule has 0 amide bonds. The molecule has 7 nitrogen and oxygen atoms in total. The van der Waals surface area contributed by atoms with Crippen LogP contribution in [0.1, 0.15) is 14.4 Å². The van der Waals surface area contributed by atoms with Crippen LogP contribution in [-0.4, -0.2) is 21.5 Å². The van der Waals surface area contributed by atoms with Crippen LogP contribution in [0.15, 0.2) is 24.3 Å². The number of nitro groups is 2. The van der Waals surface area contributed by atoms with Crippen molar-refractivity contribution < 1.29 is 17.7 Å². The van der Waals surface area contributed by atoms with Gasteiger partial charge in [0, 0.05) is 17.1 Å². The van der Waals surface area contributed by atoms with Crippen LogP contribution in [0.3, 0.4) is 0 Å². The van der Waals surface area contributed by atoms with E-state index in [0.29, 0.717) is 0 Å². The monoisotopic (exact) mass is 214 g/mol. The topological polar surface area (TPSA) is 107 Å². The van der Waals surface area contributed by atoms with Gasteiger partial charge in [-0.05, 0) is 17.7 Å². The summed E-state index contributed by atoms with van der Waals surface area (Å²) in [6.45, 7) is -3.05. The minimum Gasteiger partial charge on any atom is -0.382 e. The fourth-order valence-corrected chi connectivity index (χ4v) is 0.953. The Hall–Kier alpha value is -2.02. The van der Waals surface area contributed by atoms with Crippen molar-refractivity contribution in [3.63, 3.8) is 0 Å². The minimum absolute atomic E-state index is 0.0997. The predicted molar refractivity (Wildman–Crippen MR) is 49.9 cm³/mol. The van der Waals surface area contributed by atoms with Gasteiger partial charge in [0.05, 0.1) is 4.92 Å². The van der Waals surface area contributed by atoms with Gasteiger partial charge < -0.3 is 5.11 Å². The molecule has 7 heteroatoms. The van der Waals surface area contributed by atoms with E-state index in [1.54, 1.807) is 0 Å². The number of nitro benzene ring substituents is 1. The molecule has 0 heterocycles. The number of hydrogen-bond donors (Lipinski definition) is 1. The van der Waals surface area contributed by atoms with Gasteiger partial charge >= 0.3 is 0 Å². The number of aliphatic hydroxyl groups excluding tert-OH is 1. The van der Waals surface area contributed by atoms with E-state index in [9.17, 15) is 25.3 Å². The molecule has 0 spiro atoms. The Labute approximate surface area is 87.1 Å². The molecule has 1 N–H and O–H groups in total. The third-order valence-electron chi connectivity index (χ3n) is 1.65. The highest BCUT2D eigenvalue weighted by Crippen LogP contribution is 2.17. The normalized spacial score (nSPS) is 15.0. The molecular formula is C8H8N2O5. The number of non-ortho nitro benzene ring substituents is 1. The summed E-state index contributed by atoms with van der Waals surface area (Å²) in [4.78, 5) is 18.8. The van der Waals surface area contributed by atoms with Gasteiger partial charge in [-0.2, -0.15) is 0 Å². The molecule has 1 unspecified atom stereocenters. The second kappa shape index (κ2) is 4.47. The van der Waals surface area contributed by atoms with Gasteiger partial charge in [-0.3, -0.25) is 20.2 Å². The largest absolute Gasteiger partial charge is 0.382 e. The molecule has 0 aliphatic rings. The lowest BCUT2D eigenvalue weighted by molar-refractivity contribution is -0.491. The molecule has 1 aromatic carbocycles. The average molecular weight is 214 g/mol. The van der Waals surface area contributed by atoms with Crippen LogP contribution in [0.4, 0.5) is 5.69 Å². The van der Waals surface area contributed by atoms with Crippen molar-refractivity contribution in [2.24, 2.45) is 0 Å². The predicted octanol–water partition coefficient (Wildman–Crippen LogP) is 0.905. The van der Waals surface area contributed by atoms with E-state index in [0.717, 1.165) is 24.3 Å². The number of hydrogen-bond acceptors (Lipinski definition) is 5. The average Bonchev–Trinajstić information content (AvgIpc) is 2.27. The summed E-state index contributed by atoms with van der Waals surface area (Å²) in [7, 11) is 0. The first-order chi connectivity index (χ1) is 7.76. The van der Waals surface area contributed by atoms with Crippen LogP contribution < -0.4 is 0 Å². The van der Waals surface area contributed by atoms with Crippen molar-refractivity contribution in [3.05, 3.63) is 50.1 Å². The Morgan fingerprint density at radius 2 is 1.87 bits per heavy atom. The van der Waals surface area contributed by atoms with Crippen molar-refractivity contribution in [2.75, 3.05) is 6.50 Å². The Kier molecular flexibility index (Phi) is 2.47. The Morgan fingerprint density at radius 1 is 1.33 bits per heavy atom. The van der Waals surface area contributed by atoms with Crippen LogP contribution >= 0.6 is 0 Å². The van der Waals surface area contributed by atoms with E-state index in [1.165, 1.54) is 0 Å². The standard InChI is InChI=1S/C8H8N2O5/c11-8(5-9(12)13)6-1-3-7(4-2-6)10(14)15/h1-4,8,11H,5H2/i5D2. The van der Waals surface area contributed by atoms with Gasteiger partial charge in [-0.15, -0.1) is 0 Å². The fraction of sp³-hybridized carbons (Fsp3) is 0.250. The Morgan fingerprint density at radius 3 is 2.27 bits per heavy atom. The maximum Gasteiger partial charge on any atom is 0.269 e. The Bertz CT molecular complexity index is 448. The summed E-state index contributed by atoms with van der Waals surface area (Å²) in [5.41, 5.74) is -0.347. The number of nitrogens with zero attached hydrogens (tertiary/aromatic N) is 2. The first-order valence-electron chi connectivity index (χ1n) is 4.83. The van der Waals surface area contributed by atoms with Crippen LogP contribution in [0.2, 0.25) is 0 Å². The van der Waals surface area contributed by atoms with E-state index in [2.05, 4.69) is 0 Å². The maximum absolute atomic E-state index is 10.4. The van der Waals surface area contributed by atoms with Crippen molar-refractivity contribution in [1.82, 2.24) is 0 Å². The highest BCUT2D eigenvalue weighted by atomic mass is 16.6. The lowest BCUT2D eigenvalue weighted by atomic mass is 10.1. The van der Waals surface area contributed by atoms with Gasteiger partial charge in [0.2, 0.25) is 6.50 Å². The SMILES string of the molecule is [2H]C([2H])(C(O)c1ccc([N+](=O)[O-])cc1)[N+](=O)[O-]. The molecule has 0 saturated carbocycles. The number of aliphatic hydroxyl groups is 1. The van der Waals surface area contributed by atoms with Crippen LogP contribution in [0.25, 0.3) is 0 Å². The summed E-state index contributed by atoms with van der Waals surface area (Å²) in [6, 6.07) is 4.22. The Balaban J connectivity index is 3.02. The third-order valence-corrected chi connectivity index (χ3v) is 1.65. The summed E-state index contributed by atoms with van der Waals surface area (Å²) in [6.07, 6.45) is -1.99.